The Hall–Kier alpha value is -1.46. The summed E-state index contributed by atoms with van der Waals surface area (Å²) >= 11 is 7.26. The van der Waals surface area contributed by atoms with Crippen LogP contribution in [0.1, 0.15) is 22.2 Å². The molecule has 3 rings (SSSR count). The third-order valence-electron chi connectivity index (χ3n) is 3.25. The zero-order valence-corrected chi connectivity index (χ0v) is 12.6. The van der Waals surface area contributed by atoms with Crippen molar-refractivity contribution in [2.75, 3.05) is 0 Å². The fourth-order valence-corrected chi connectivity index (χ4v) is 3.37. The zero-order valence-electron chi connectivity index (χ0n) is 10.9. The van der Waals surface area contributed by atoms with Gasteiger partial charge in [0.25, 0.3) is 0 Å². The van der Waals surface area contributed by atoms with Crippen molar-refractivity contribution in [3.05, 3.63) is 44.5 Å². The minimum atomic E-state index is 0.739. The van der Waals surface area contributed by atoms with Crippen LogP contribution in [0.15, 0.2) is 24.4 Å². The van der Waals surface area contributed by atoms with Crippen molar-refractivity contribution >= 4 is 34.7 Å². The van der Waals surface area contributed by atoms with Crippen LogP contribution < -0.4 is 0 Å². The lowest BCUT2D eigenvalue weighted by Gasteiger charge is -2.01. The number of aromatic amines is 1. The number of H-pyrrole nitrogens is 1. The van der Waals surface area contributed by atoms with E-state index in [0.29, 0.717) is 0 Å². The van der Waals surface area contributed by atoms with Gasteiger partial charge in [-0.25, -0.2) is 4.98 Å². The molecule has 0 saturated carbocycles. The molecule has 0 bridgehead atoms. The number of pyridine rings is 1. The van der Waals surface area contributed by atoms with Crippen molar-refractivity contribution in [1.82, 2.24) is 14.5 Å². The number of hydrogen-bond donors (Lipinski definition) is 1. The number of nitrogens with zero attached hydrogens (tertiary/aromatic N) is 2. The Kier molecular flexibility index (Phi) is 3.24. The van der Waals surface area contributed by atoms with E-state index in [1.807, 2.05) is 23.6 Å². The summed E-state index contributed by atoms with van der Waals surface area (Å²) in [4.78, 5) is 10.4. The maximum absolute atomic E-state index is 5.42. The van der Waals surface area contributed by atoms with Crippen molar-refractivity contribution in [3.63, 3.8) is 0 Å². The molecule has 0 aromatic carbocycles. The van der Waals surface area contributed by atoms with E-state index in [0.717, 1.165) is 28.9 Å². The van der Waals surface area contributed by atoms with E-state index in [1.165, 1.54) is 15.3 Å². The summed E-state index contributed by atoms with van der Waals surface area (Å²) in [6.07, 6.45) is 2.92. The first-order chi connectivity index (χ1) is 9.19. The van der Waals surface area contributed by atoms with Crippen molar-refractivity contribution in [2.45, 2.75) is 26.8 Å². The molecule has 0 saturated heterocycles. The van der Waals surface area contributed by atoms with Gasteiger partial charge in [0.1, 0.15) is 0 Å². The predicted octanol–water partition coefficient (Wildman–Crippen LogP) is 4.07. The summed E-state index contributed by atoms with van der Waals surface area (Å²) in [6.45, 7) is 5.04. The van der Waals surface area contributed by atoms with Crippen LogP contribution in [0.4, 0.5) is 0 Å². The molecule has 5 heteroatoms. The molecule has 3 nitrogen and oxygen atoms in total. The van der Waals surface area contributed by atoms with Crippen molar-refractivity contribution in [1.29, 1.82) is 0 Å². The van der Waals surface area contributed by atoms with E-state index >= 15 is 0 Å². The first-order valence-electron chi connectivity index (χ1n) is 6.30. The van der Waals surface area contributed by atoms with E-state index in [9.17, 15) is 0 Å². The van der Waals surface area contributed by atoms with Crippen LogP contribution in [-0.2, 0) is 13.0 Å². The van der Waals surface area contributed by atoms with Crippen molar-refractivity contribution < 1.29 is 0 Å². The molecule has 0 radical (unpaired) electrons. The fraction of sp³-hybridized carbons (Fsp3) is 0.286. The monoisotopic (exact) mass is 289 g/mol. The molecule has 19 heavy (non-hydrogen) atoms. The molecule has 0 amide bonds. The van der Waals surface area contributed by atoms with E-state index in [-0.39, 0.29) is 0 Å². The number of rotatable bonds is 3. The van der Waals surface area contributed by atoms with E-state index < -0.39 is 0 Å². The fourth-order valence-electron chi connectivity index (χ4n) is 2.17. The third kappa shape index (κ3) is 2.24. The lowest BCUT2D eigenvalue weighted by molar-refractivity contribution is 0.813. The SMILES string of the molecule is CCc1ccc(Cn2c(=S)[nH]c3c(C)ccnc32)s1. The topological polar surface area (TPSA) is 33.6 Å². The normalized spacial score (nSPS) is 11.3. The Morgan fingerprint density at radius 3 is 2.84 bits per heavy atom. The highest BCUT2D eigenvalue weighted by molar-refractivity contribution is 7.71. The highest BCUT2D eigenvalue weighted by Crippen LogP contribution is 2.21. The van der Waals surface area contributed by atoms with Gasteiger partial charge in [0.05, 0.1) is 12.1 Å². The molecule has 0 aliphatic heterocycles. The van der Waals surface area contributed by atoms with Gasteiger partial charge < -0.3 is 4.98 Å². The molecule has 0 aliphatic carbocycles. The molecule has 98 valence electrons. The number of aryl methyl sites for hydroxylation is 2. The highest BCUT2D eigenvalue weighted by Gasteiger charge is 2.09. The van der Waals surface area contributed by atoms with Gasteiger partial charge >= 0.3 is 0 Å². The minimum Gasteiger partial charge on any atom is -0.329 e. The van der Waals surface area contributed by atoms with E-state index in [4.69, 9.17) is 12.2 Å². The smallest absolute Gasteiger partial charge is 0.179 e. The largest absolute Gasteiger partial charge is 0.329 e. The lowest BCUT2D eigenvalue weighted by atomic mass is 10.3. The summed E-state index contributed by atoms with van der Waals surface area (Å²) in [5, 5.41) is 0. The van der Waals surface area contributed by atoms with Gasteiger partial charge in [0.15, 0.2) is 10.4 Å². The zero-order chi connectivity index (χ0) is 13.4. The third-order valence-corrected chi connectivity index (χ3v) is 4.79. The minimum absolute atomic E-state index is 0.739. The second kappa shape index (κ2) is 4.90. The van der Waals surface area contributed by atoms with Gasteiger partial charge in [0, 0.05) is 16.0 Å². The van der Waals surface area contributed by atoms with Gasteiger partial charge in [-0.3, -0.25) is 4.57 Å². The summed E-state index contributed by atoms with van der Waals surface area (Å²) in [7, 11) is 0. The average Bonchev–Trinajstić information content (AvgIpc) is 2.97. The quantitative estimate of drug-likeness (QED) is 0.737. The van der Waals surface area contributed by atoms with Gasteiger partial charge in [-0.2, -0.15) is 0 Å². The summed E-state index contributed by atoms with van der Waals surface area (Å²) in [5.41, 5.74) is 3.16. The summed E-state index contributed by atoms with van der Waals surface area (Å²) in [6, 6.07) is 6.37. The average molecular weight is 289 g/mol. The summed E-state index contributed by atoms with van der Waals surface area (Å²) < 4.78 is 2.81. The molecular weight excluding hydrogens is 274 g/mol. The number of fused-ring (bicyclic) bond motifs is 1. The van der Waals surface area contributed by atoms with Crippen molar-refractivity contribution in [2.24, 2.45) is 0 Å². The van der Waals surface area contributed by atoms with Crippen LogP contribution in [0.3, 0.4) is 0 Å². The standard InChI is InChI=1S/C14H15N3S2/c1-3-10-4-5-11(19-10)8-17-13-12(16-14(17)18)9(2)6-7-15-13/h4-7H,3,8H2,1-2H3,(H,16,18). The van der Waals surface area contributed by atoms with E-state index in [1.54, 1.807) is 0 Å². The molecule has 0 atom stereocenters. The van der Waals surface area contributed by atoms with Gasteiger partial charge in [0.2, 0.25) is 0 Å². The molecule has 3 aromatic heterocycles. The van der Waals surface area contributed by atoms with Crippen LogP contribution in [0, 0.1) is 11.7 Å². The number of aromatic nitrogens is 3. The highest BCUT2D eigenvalue weighted by atomic mass is 32.1. The molecule has 0 spiro atoms. The molecule has 3 aromatic rings. The lowest BCUT2D eigenvalue weighted by Crippen LogP contribution is -1.99. The van der Waals surface area contributed by atoms with Crippen LogP contribution in [-0.4, -0.2) is 14.5 Å². The molecule has 1 N–H and O–H groups in total. The van der Waals surface area contributed by atoms with Gasteiger partial charge in [-0.15, -0.1) is 11.3 Å². The number of imidazole rings is 1. The number of thiophene rings is 1. The Morgan fingerprint density at radius 1 is 1.32 bits per heavy atom. The Bertz CT molecular complexity index is 779. The molecule has 3 heterocycles. The van der Waals surface area contributed by atoms with Crippen LogP contribution in [0.25, 0.3) is 11.2 Å². The van der Waals surface area contributed by atoms with Crippen LogP contribution in [0.2, 0.25) is 0 Å². The Labute approximate surface area is 120 Å². The maximum atomic E-state index is 5.42. The molecule has 0 unspecified atom stereocenters. The number of nitrogens with one attached hydrogen (secondary N) is 1. The first kappa shape index (κ1) is 12.6. The van der Waals surface area contributed by atoms with Crippen molar-refractivity contribution in [3.8, 4) is 0 Å². The summed E-state index contributed by atoms with van der Waals surface area (Å²) in [5.74, 6) is 0. The van der Waals surface area contributed by atoms with Crippen LogP contribution >= 0.6 is 23.6 Å². The van der Waals surface area contributed by atoms with E-state index in [2.05, 4.69) is 40.5 Å². The van der Waals surface area contributed by atoms with Gasteiger partial charge in [-0.05, 0) is 49.3 Å². The molecule has 0 fully saturated rings. The second-order valence-corrected chi connectivity index (χ2v) is 6.20. The Balaban J connectivity index is 2.07. The first-order valence-corrected chi connectivity index (χ1v) is 7.53. The van der Waals surface area contributed by atoms with Crippen LogP contribution in [0.5, 0.6) is 0 Å². The molecular formula is C14H15N3S2. The molecule has 0 aliphatic rings. The number of hydrogen-bond acceptors (Lipinski definition) is 3. The maximum Gasteiger partial charge on any atom is 0.179 e. The second-order valence-electron chi connectivity index (χ2n) is 4.56. The van der Waals surface area contributed by atoms with Gasteiger partial charge in [-0.1, -0.05) is 6.92 Å². The predicted molar refractivity (Wildman–Crippen MR) is 82.5 cm³/mol. The Morgan fingerprint density at radius 2 is 2.11 bits per heavy atom.